The lowest BCUT2D eigenvalue weighted by Crippen LogP contribution is -2.56. The molecule has 0 saturated carbocycles. The van der Waals surface area contributed by atoms with Crippen LogP contribution in [0, 0.1) is 5.92 Å². The number of carboxylic acid groups (broad SMARTS) is 1. The molecule has 1 rings (SSSR count). The number of rotatable bonds is 10. The van der Waals surface area contributed by atoms with Crippen molar-refractivity contribution in [1.82, 2.24) is 16.0 Å². The fourth-order valence-electron chi connectivity index (χ4n) is 2.37. The summed E-state index contributed by atoms with van der Waals surface area (Å²) in [4.78, 5) is 47.2. The molecule has 2 atom stereocenters. The Morgan fingerprint density at radius 3 is 2.19 bits per heavy atom. The highest BCUT2D eigenvalue weighted by Crippen LogP contribution is 2.06. The molecule has 9 heteroatoms. The third-order valence-electron chi connectivity index (χ3n) is 3.78. The maximum absolute atomic E-state index is 12.7. The van der Waals surface area contributed by atoms with E-state index in [-0.39, 0.29) is 18.9 Å². The van der Waals surface area contributed by atoms with Crippen LogP contribution in [0.3, 0.4) is 0 Å². The van der Waals surface area contributed by atoms with Crippen molar-refractivity contribution in [3.8, 4) is 0 Å². The lowest BCUT2D eigenvalue weighted by atomic mass is 10.0. The number of carbonyl (C=O) groups is 4. The zero-order valence-corrected chi connectivity index (χ0v) is 15.4. The molecule has 9 nitrogen and oxygen atoms in total. The SMILES string of the molecule is CC(C)C(NC(=O)C(Cc1ccccc1)NC(=O)CN)C(=O)NCC(=O)O. The van der Waals surface area contributed by atoms with E-state index in [4.69, 9.17) is 10.8 Å². The van der Waals surface area contributed by atoms with Crippen LogP contribution in [0.2, 0.25) is 0 Å². The zero-order valence-electron chi connectivity index (χ0n) is 15.4. The molecule has 0 fully saturated rings. The molecule has 27 heavy (non-hydrogen) atoms. The van der Waals surface area contributed by atoms with Gasteiger partial charge in [0.1, 0.15) is 18.6 Å². The van der Waals surface area contributed by atoms with Crippen molar-refractivity contribution in [2.24, 2.45) is 11.7 Å². The van der Waals surface area contributed by atoms with Crippen molar-refractivity contribution < 1.29 is 24.3 Å². The first-order valence-corrected chi connectivity index (χ1v) is 8.57. The molecular formula is C18H26N4O5. The van der Waals surface area contributed by atoms with E-state index in [2.05, 4.69) is 16.0 Å². The van der Waals surface area contributed by atoms with Crippen molar-refractivity contribution >= 4 is 23.7 Å². The van der Waals surface area contributed by atoms with Gasteiger partial charge in [-0.2, -0.15) is 0 Å². The average Bonchev–Trinajstić information content (AvgIpc) is 2.63. The number of hydrogen-bond acceptors (Lipinski definition) is 5. The molecule has 0 bridgehead atoms. The molecule has 0 spiro atoms. The largest absolute Gasteiger partial charge is 0.480 e. The third-order valence-corrected chi connectivity index (χ3v) is 3.78. The maximum Gasteiger partial charge on any atom is 0.322 e. The summed E-state index contributed by atoms with van der Waals surface area (Å²) in [5.41, 5.74) is 6.14. The van der Waals surface area contributed by atoms with Crippen LogP contribution < -0.4 is 21.7 Å². The predicted molar refractivity (Wildman–Crippen MR) is 98.5 cm³/mol. The van der Waals surface area contributed by atoms with Gasteiger partial charge in [0.25, 0.3) is 0 Å². The van der Waals surface area contributed by atoms with Gasteiger partial charge in [-0.05, 0) is 11.5 Å². The summed E-state index contributed by atoms with van der Waals surface area (Å²) in [7, 11) is 0. The van der Waals surface area contributed by atoms with Gasteiger partial charge in [-0.3, -0.25) is 19.2 Å². The number of amides is 3. The standard InChI is InChI=1S/C18H26N4O5/c1-11(2)16(18(27)20-10-15(24)25)22-17(26)13(21-14(23)9-19)8-12-6-4-3-5-7-12/h3-7,11,13,16H,8-10,19H2,1-2H3,(H,20,27)(H,21,23)(H,22,26)(H,24,25). The zero-order chi connectivity index (χ0) is 20.4. The summed E-state index contributed by atoms with van der Waals surface area (Å²) in [6, 6.07) is 7.22. The Balaban J connectivity index is 2.88. The van der Waals surface area contributed by atoms with E-state index in [0.29, 0.717) is 0 Å². The molecule has 0 radical (unpaired) electrons. The third kappa shape index (κ3) is 7.87. The molecule has 148 valence electrons. The van der Waals surface area contributed by atoms with Gasteiger partial charge in [0.05, 0.1) is 6.54 Å². The van der Waals surface area contributed by atoms with Crippen LogP contribution in [-0.4, -0.2) is 54.0 Å². The minimum absolute atomic E-state index is 0.222. The van der Waals surface area contributed by atoms with Crippen molar-refractivity contribution in [2.45, 2.75) is 32.4 Å². The summed E-state index contributed by atoms with van der Waals surface area (Å²) < 4.78 is 0. The molecule has 0 aliphatic rings. The second kappa shape index (κ2) is 10.9. The number of carbonyl (C=O) groups excluding carboxylic acids is 3. The molecule has 1 aromatic rings. The van der Waals surface area contributed by atoms with Crippen molar-refractivity contribution in [1.29, 1.82) is 0 Å². The number of aliphatic carboxylic acids is 1. The van der Waals surface area contributed by atoms with Crippen LogP contribution in [0.15, 0.2) is 30.3 Å². The van der Waals surface area contributed by atoms with E-state index in [9.17, 15) is 19.2 Å². The van der Waals surface area contributed by atoms with Gasteiger partial charge in [-0.15, -0.1) is 0 Å². The molecule has 0 aliphatic heterocycles. The second-order valence-electron chi connectivity index (χ2n) is 6.36. The van der Waals surface area contributed by atoms with E-state index in [1.165, 1.54) is 0 Å². The fourth-order valence-corrected chi connectivity index (χ4v) is 2.37. The Kier molecular flexibility index (Phi) is 8.94. The Bertz CT molecular complexity index is 663. The van der Waals surface area contributed by atoms with Gasteiger partial charge in [0.2, 0.25) is 17.7 Å². The topological polar surface area (TPSA) is 151 Å². The van der Waals surface area contributed by atoms with Gasteiger partial charge in [0.15, 0.2) is 0 Å². The van der Waals surface area contributed by atoms with E-state index in [1.807, 2.05) is 30.3 Å². The molecule has 0 heterocycles. The molecule has 1 aromatic carbocycles. The highest BCUT2D eigenvalue weighted by Gasteiger charge is 2.28. The molecule has 0 saturated heterocycles. The van der Waals surface area contributed by atoms with Crippen LogP contribution in [0.25, 0.3) is 0 Å². The first kappa shape index (κ1) is 22.1. The minimum Gasteiger partial charge on any atom is -0.480 e. The normalized spacial score (nSPS) is 12.7. The maximum atomic E-state index is 12.7. The van der Waals surface area contributed by atoms with Crippen LogP contribution in [-0.2, 0) is 25.6 Å². The van der Waals surface area contributed by atoms with E-state index < -0.39 is 42.3 Å². The van der Waals surface area contributed by atoms with Gasteiger partial charge in [-0.25, -0.2) is 0 Å². The molecule has 0 aliphatic carbocycles. The lowest BCUT2D eigenvalue weighted by Gasteiger charge is -2.25. The monoisotopic (exact) mass is 378 g/mol. The Hall–Kier alpha value is -2.94. The smallest absolute Gasteiger partial charge is 0.322 e. The number of carboxylic acids is 1. The summed E-state index contributed by atoms with van der Waals surface area (Å²) in [5.74, 6) is -3.13. The molecule has 6 N–H and O–H groups in total. The van der Waals surface area contributed by atoms with Gasteiger partial charge >= 0.3 is 5.97 Å². The molecular weight excluding hydrogens is 352 g/mol. The fraction of sp³-hybridized carbons (Fsp3) is 0.444. The molecule has 3 amide bonds. The molecule has 2 unspecified atom stereocenters. The first-order chi connectivity index (χ1) is 12.7. The van der Waals surface area contributed by atoms with Gasteiger partial charge in [0, 0.05) is 6.42 Å². The summed E-state index contributed by atoms with van der Waals surface area (Å²) in [6.45, 7) is 2.62. The van der Waals surface area contributed by atoms with Crippen molar-refractivity contribution in [3.63, 3.8) is 0 Å². The van der Waals surface area contributed by atoms with E-state index >= 15 is 0 Å². The van der Waals surface area contributed by atoms with E-state index in [0.717, 1.165) is 5.56 Å². The summed E-state index contributed by atoms with van der Waals surface area (Å²) >= 11 is 0. The van der Waals surface area contributed by atoms with Crippen LogP contribution in [0.5, 0.6) is 0 Å². The highest BCUT2D eigenvalue weighted by atomic mass is 16.4. The van der Waals surface area contributed by atoms with Crippen molar-refractivity contribution in [3.05, 3.63) is 35.9 Å². The summed E-state index contributed by atoms with van der Waals surface area (Å²) in [6.07, 6.45) is 0.222. The quantitative estimate of drug-likeness (QED) is 0.353. The number of benzene rings is 1. The van der Waals surface area contributed by atoms with Gasteiger partial charge in [-0.1, -0.05) is 44.2 Å². The van der Waals surface area contributed by atoms with Crippen LogP contribution >= 0.6 is 0 Å². The first-order valence-electron chi connectivity index (χ1n) is 8.57. The highest BCUT2D eigenvalue weighted by molar-refractivity contribution is 5.93. The number of hydrogen-bond donors (Lipinski definition) is 5. The Labute approximate surface area is 157 Å². The second-order valence-corrected chi connectivity index (χ2v) is 6.36. The van der Waals surface area contributed by atoms with Gasteiger partial charge < -0.3 is 26.8 Å². The Morgan fingerprint density at radius 2 is 1.67 bits per heavy atom. The van der Waals surface area contributed by atoms with Crippen LogP contribution in [0.1, 0.15) is 19.4 Å². The number of nitrogens with two attached hydrogens (primary N) is 1. The van der Waals surface area contributed by atoms with Crippen LogP contribution in [0.4, 0.5) is 0 Å². The van der Waals surface area contributed by atoms with Crippen molar-refractivity contribution in [2.75, 3.05) is 13.1 Å². The minimum atomic E-state index is -1.19. The average molecular weight is 378 g/mol. The number of nitrogens with one attached hydrogen (secondary N) is 3. The van der Waals surface area contributed by atoms with E-state index in [1.54, 1.807) is 13.8 Å². The lowest BCUT2D eigenvalue weighted by molar-refractivity contribution is -0.138. The predicted octanol–water partition coefficient (Wildman–Crippen LogP) is -0.986. The Morgan fingerprint density at radius 1 is 1.04 bits per heavy atom. The summed E-state index contributed by atoms with van der Waals surface area (Å²) in [5, 5.41) is 16.1. The molecule has 0 aromatic heterocycles.